The summed E-state index contributed by atoms with van der Waals surface area (Å²) in [6, 6.07) is 4.99. The maximum Gasteiger partial charge on any atom is 0.0408 e. The molecule has 0 radical (unpaired) electrons. The highest BCUT2D eigenvalue weighted by Gasteiger charge is 2.14. The van der Waals surface area contributed by atoms with E-state index < -0.39 is 18.7 Å². The van der Waals surface area contributed by atoms with Crippen molar-refractivity contribution in [1.29, 1.82) is 0 Å². The van der Waals surface area contributed by atoms with Crippen molar-refractivity contribution >= 4 is 11.6 Å². The molecule has 0 saturated heterocycles. The summed E-state index contributed by atoms with van der Waals surface area (Å²) in [4.78, 5) is 0. The molecule has 0 N–H and O–H groups in total. The molecule has 0 bridgehead atoms. The van der Waals surface area contributed by atoms with Gasteiger partial charge in [-0.05, 0) is 48.3 Å². The summed E-state index contributed by atoms with van der Waals surface area (Å²) >= 11 is 5.85. The van der Waals surface area contributed by atoms with E-state index in [-0.39, 0.29) is 6.42 Å². The Morgan fingerprint density at radius 3 is 3.17 bits per heavy atom. The molecule has 64 valence electrons. The molecular formula is C11H13Cl. The highest BCUT2D eigenvalue weighted by atomic mass is 35.5. The minimum absolute atomic E-state index is 0.226. The third-order valence-corrected chi connectivity index (χ3v) is 2.27. The first-order chi connectivity index (χ1) is 7.25. The zero-order chi connectivity index (χ0) is 12.1. The van der Waals surface area contributed by atoms with Gasteiger partial charge in [0.15, 0.2) is 0 Å². The Kier molecular flexibility index (Phi) is 1.21. The molecule has 1 unspecified atom stereocenters. The van der Waals surface area contributed by atoms with Gasteiger partial charge in [0.05, 0.1) is 0 Å². The van der Waals surface area contributed by atoms with Gasteiger partial charge in [0.1, 0.15) is 0 Å². The quantitative estimate of drug-likeness (QED) is 0.580. The van der Waals surface area contributed by atoms with Crippen LogP contribution in [0.25, 0.3) is 0 Å². The second-order valence-corrected chi connectivity index (χ2v) is 3.48. The SMILES string of the molecule is [2H]C1([2H])Cc2cc(Cl)ccc2C([2H])([2H])C1C. The molecule has 0 spiro atoms. The van der Waals surface area contributed by atoms with Crippen molar-refractivity contribution in [3.05, 3.63) is 34.3 Å². The molecule has 0 aliphatic heterocycles. The van der Waals surface area contributed by atoms with Crippen LogP contribution < -0.4 is 0 Å². The Labute approximate surface area is 84.2 Å². The molecular weight excluding hydrogens is 168 g/mol. The number of rotatable bonds is 0. The normalized spacial score (nSPS) is 35.3. The van der Waals surface area contributed by atoms with E-state index in [1.54, 1.807) is 25.1 Å². The van der Waals surface area contributed by atoms with Crippen molar-refractivity contribution in [2.75, 3.05) is 0 Å². The van der Waals surface area contributed by atoms with Crippen LogP contribution in [0, 0.1) is 5.92 Å². The lowest BCUT2D eigenvalue weighted by molar-refractivity contribution is 0.501. The number of fused-ring (bicyclic) bond motifs is 1. The van der Waals surface area contributed by atoms with Gasteiger partial charge < -0.3 is 0 Å². The smallest absolute Gasteiger partial charge is 0.0408 e. The lowest BCUT2D eigenvalue weighted by Crippen LogP contribution is -2.10. The summed E-state index contributed by atoms with van der Waals surface area (Å²) in [7, 11) is 0. The molecule has 1 aromatic carbocycles. The molecule has 2 rings (SSSR count). The van der Waals surface area contributed by atoms with Crippen molar-refractivity contribution < 1.29 is 5.48 Å². The fraction of sp³-hybridized carbons (Fsp3) is 0.455. The van der Waals surface area contributed by atoms with Gasteiger partial charge in [0.2, 0.25) is 0 Å². The zero-order valence-corrected chi connectivity index (χ0v) is 7.65. The van der Waals surface area contributed by atoms with Crippen LogP contribution in [-0.2, 0) is 12.8 Å². The van der Waals surface area contributed by atoms with Crippen LogP contribution in [0.2, 0.25) is 5.02 Å². The summed E-state index contributed by atoms with van der Waals surface area (Å²) < 4.78 is 31.8. The van der Waals surface area contributed by atoms with Crippen molar-refractivity contribution in [3.63, 3.8) is 0 Å². The highest BCUT2D eigenvalue weighted by Crippen LogP contribution is 2.27. The van der Waals surface area contributed by atoms with Crippen LogP contribution in [0.1, 0.15) is 29.9 Å². The monoisotopic (exact) mass is 184 g/mol. The van der Waals surface area contributed by atoms with Gasteiger partial charge in [-0.1, -0.05) is 24.6 Å². The molecule has 1 atom stereocenters. The summed E-state index contributed by atoms with van der Waals surface area (Å²) in [5.41, 5.74) is 1.25. The number of benzene rings is 1. The van der Waals surface area contributed by atoms with Crippen molar-refractivity contribution in [3.8, 4) is 0 Å². The molecule has 1 aliphatic carbocycles. The standard InChI is InChI=1S/C11H13Cl/c1-8-2-3-10-7-11(12)5-4-9(10)6-8/h4-5,7-8H,2-3,6H2,1H3/i2D2,6D2. The molecule has 0 aromatic heterocycles. The van der Waals surface area contributed by atoms with Crippen LogP contribution in [0.3, 0.4) is 0 Å². The van der Waals surface area contributed by atoms with Gasteiger partial charge in [0.25, 0.3) is 0 Å². The Hall–Kier alpha value is -0.490. The maximum absolute atomic E-state index is 8.02. The lowest BCUT2D eigenvalue weighted by atomic mass is 9.85. The van der Waals surface area contributed by atoms with Crippen molar-refractivity contribution in [2.45, 2.75) is 26.1 Å². The topological polar surface area (TPSA) is 0 Å². The summed E-state index contributed by atoms with van der Waals surface area (Å²) in [6.45, 7) is 1.62. The minimum Gasteiger partial charge on any atom is -0.0843 e. The fourth-order valence-corrected chi connectivity index (χ4v) is 1.59. The van der Waals surface area contributed by atoms with Crippen LogP contribution in [-0.4, -0.2) is 0 Å². The molecule has 0 heterocycles. The average molecular weight is 185 g/mol. The largest absolute Gasteiger partial charge is 0.0843 e. The molecule has 1 aliphatic rings. The van der Waals surface area contributed by atoms with Gasteiger partial charge in [-0.3, -0.25) is 0 Å². The summed E-state index contributed by atoms with van der Waals surface area (Å²) in [6.07, 6.45) is -2.94. The second kappa shape index (κ2) is 3.10. The fourth-order valence-electron chi connectivity index (χ4n) is 1.40. The Bertz CT molecular complexity index is 428. The predicted octanol–water partition coefficient (Wildman–Crippen LogP) is 3.46. The van der Waals surface area contributed by atoms with E-state index in [9.17, 15) is 0 Å². The van der Waals surface area contributed by atoms with Crippen LogP contribution in [0.15, 0.2) is 18.2 Å². The van der Waals surface area contributed by atoms with Crippen LogP contribution in [0.4, 0.5) is 0 Å². The van der Waals surface area contributed by atoms with Gasteiger partial charge in [-0.2, -0.15) is 0 Å². The maximum atomic E-state index is 8.02. The molecule has 12 heavy (non-hydrogen) atoms. The van der Waals surface area contributed by atoms with Crippen molar-refractivity contribution in [2.24, 2.45) is 5.92 Å². The average Bonchev–Trinajstić information content (AvgIpc) is 2.13. The molecule has 1 aromatic rings. The highest BCUT2D eigenvalue weighted by molar-refractivity contribution is 6.30. The Morgan fingerprint density at radius 1 is 1.50 bits per heavy atom. The van der Waals surface area contributed by atoms with Gasteiger partial charge in [-0.25, -0.2) is 0 Å². The lowest BCUT2D eigenvalue weighted by Gasteiger charge is -2.21. The number of hydrogen-bond acceptors (Lipinski definition) is 0. The third kappa shape index (κ3) is 1.49. The second-order valence-electron chi connectivity index (χ2n) is 3.05. The first-order valence-corrected chi connectivity index (χ1v) is 4.42. The predicted molar refractivity (Wildman–Crippen MR) is 52.6 cm³/mol. The van der Waals surface area contributed by atoms with E-state index in [0.29, 0.717) is 16.1 Å². The first kappa shape index (κ1) is 4.66. The van der Waals surface area contributed by atoms with E-state index in [1.807, 2.05) is 0 Å². The molecule has 0 fully saturated rings. The molecule has 0 saturated carbocycles. The number of halogens is 1. The van der Waals surface area contributed by atoms with Crippen LogP contribution >= 0.6 is 11.6 Å². The Morgan fingerprint density at radius 2 is 2.33 bits per heavy atom. The third-order valence-electron chi connectivity index (χ3n) is 2.04. The summed E-state index contributed by atoms with van der Waals surface area (Å²) in [5, 5.41) is 0.528. The Balaban J connectivity index is 2.61. The van der Waals surface area contributed by atoms with E-state index in [2.05, 4.69) is 0 Å². The van der Waals surface area contributed by atoms with Gasteiger partial charge >= 0.3 is 0 Å². The van der Waals surface area contributed by atoms with Gasteiger partial charge in [-0.15, -0.1) is 0 Å². The van der Waals surface area contributed by atoms with Crippen LogP contribution in [0.5, 0.6) is 0 Å². The zero-order valence-electron chi connectivity index (χ0n) is 10.9. The van der Waals surface area contributed by atoms with E-state index in [0.717, 1.165) is 0 Å². The van der Waals surface area contributed by atoms with E-state index in [4.69, 9.17) is 17.1 Å². The number of aryl methyl sites for hydroxylation is 1. The van der Waals surface area contributed by atoms with E-state index >= 15 is 0 Å². The van der Waals surface area contributed by atoms with E-state index in [1.165, 1.54) is 0 Å². The number of hydrogen-bond donors (Lipinski definition) is 0. The molecule has 0 amide bonds. The minimum atomic E-state index is -1.64. The van der Waals surface area contributed by atoms with Gasteiger partial charge in [0, 0.05) is 10.5 Å². The van der Waals surface area contributed by atoms with Crippen molar-refractivity contribution in [1.82, 2.24) is 0 Å². The molecule has 0 nitrogen and oxygen atoms in total. The molecule has 1 heteroatoms. The first-order valence-electron chi connectivity index (χ1n) is 6.04. The summed E-state index contributed by atoms with van der Waals surface area (Å²) in [5.74, 6) is -0.659.